The van der Waals surface area contributed by atoms with Crippen LogP contribution in [0.15, 0.2) is 12.7 Å². The highest BCUT2D eigenvalue weighted by atomic mass is 16.5. The predicted molar refractivity (Wildman–Crippen MR) is 62.9 cm³/mol. The Morgan fingerprint density at radius 2 is 2.25 bits per heavy atom. The Bertz CT molecular complexity index is 258. The standard InChI is InChI=1S/C13H22O3/c1-4-7-11(12(14)16-6-3)13(15,5-2)10-8-9-10/h5,10-11,15H,2,4,6-9H2,1,3H3. The van der Waals surface area contributed by atoms with E-state index in [9.17, 15) is 9.90 Å². The van der Waals surface area contributed by atoms with Gasteiger partial charge in [0.2, 0.25) is 0 Å². The largest absolute Gasteiger partial charge is 0.466 e. The first-order valence-electron chi connectivity index (χ1n) is 6.12. The molecule has 3 nitrogen and oxygen atoms in total. The molecule has 1 aliphatic rings. The summed E-state index contributed by atoms with van der Waals surface area (Å²) >= 11 is 0. The number of rotatable bonds is 7. The van der Waals surface area contributed by atoms with Crippen molar-refractivity contribution in [2.45, 2.75) is 45.1 Å². The van der Waals surface area contributed by atoms with Crippen LogP contribution in [0.5, 0.6) is 0 Å². The van der Waals surface area contributed by atoms with Crippen LogP contribution in [-0.2, 0) is 9.53 Å². The van der Waals surface area contributed by atoms with Crippen LogP contribution in [-0.4, -0.2) is 23.3 Å². The first-order chi connectivity index (χ1) is 7.60. The van der Waals surface area contributed by atoms with E-state index in [0.717, 1.165) is 19.3 Å². The fourth-order valence-corrected chi connectivity index (χ4v) is 2.21. The summed E-state index contributed by atoms with van der Waals surface area (Å²) in [6.07, 6.45) is 4.98. The van der Waals surface area contributed by atoms with Crippen LogP contribution in [0.2, 0.25) is 0 Å². The molecule has 1 fully saturated rings. The Labute approximate surface area is 97.5 Å². The predicted octanol–water partition coefficient (Wildman–Crippen LogP) is 2.29. The van der Waals surface area contributed by atoms with Crippen LogP contribution in [0.4, 0.5) is 0 Å². The average Bonchev–Trinajstić information content (AvgIpc) is 3.09. The smallest absolute Gasteiger partial charge is 0.312 e. The van der Waals surface area contributed by atoms with E-state index in [0.29, 0.717) is 13.0 Å². The Morgan fingerprint density at radius 1 is 1.62 bits per heavy atom. The average molecular weight is 226 g/mol. The maximum Gasteiger partial charge on any atom is 0.312 e. The monoisotopic (exact) mass is 226 g/mol. The minimum Gasteiger partial charge on any atom is -0.466 e. The van der Waals surface area contributed by atoms with E-state index in [4.69, 9.17) is 4.74 Å². The number of aliphatic hydroxyl groups is 1. The Kier molecular flexibility index (Phi) is 4.54. The fraction of sp³-hybridized carbons (Fsp3) is 0.769. The van der Waals surface area contributed by atoms with Gasteiger partial charge in [0.05, 0.1) is 18.1 Å². The summed E-state index contributed by atoms with van der Waals surface area (Å²) < 4.78 is 5.04. The summed E-state index contributed by atoms with van der Waals surface area (Å²) in [4.78, 5) is 11.8. The van der Waals surface area contributed by atoms with Gasteiger partial charge in [0.25, 0.3) is 0 Å². The highest BCUT2D eigenvalue weighted by Crippen LogP contribution is 2.46. The van der Waals surface area contributed by atoms with Crippen molar-refractivity contribution in [3.05, 3.63) is 12.7 Å². The molecule has 3 heteroatoms. The zero-order valence-electron chi connectivity index (χ0n) is 10.2. The molecule has 1 aliphatic carbocycles. The molecule has 16 heavy (non-hydrogen) atoms. The Balaban J connectivity index is 2.80. The van der Waals surface area contributed by atoms with E-state index in [1.54, 1.807) is 6.92 Å². The van der Waals surface area contributed by atoms with E-state index >= 15 is 0 Å². The number of carbonyl (C=O) groups excluding carboxylic acids is 1. The molecule has 0 spiro atoms. The van der Waals surface area contributed by atoms with Crippen molar-refractivity contribution >= 4 is 5.97 Å². The molecule has 0 aromatic carbocycles. The molecule has 1 N–H and O–H groups in total. The van der Waals surface area contributed by atoms with E-state index in [1.165, 1.54) is 6.08 Å². The van der Waals surface area contributed by atoms with Gasteiger partial charge in [-0.05, 0) is 32.1 Å². The highest BCUT2D eigenvalue weighted by Gasteiger charge is 2.50. The van der Waals surface area contributed by atoms with Gasteiger partial charge < -0.3 is 9.84 Å². The molecule has 0 aliphatic heterocycles. The number of hydrogen-bond acceptors (Lipinski definition) is 3. The molecule has 92 valence electrons. The highest BCUT2D eigenvalue weighted by molar-refractivity contribution is 5.74. The van der Waals surface area contributed by atoms with Gasteiger partial charge in [0, 0.05) is 0 Å². The molecule has 2 atom stereocenters. The third-order valence-electron chi connectivity index (χ3n) is 3.26. The van der Waals surface area contributed by atoms with Crippen LogP contribution in [0.25, 0.3) is 0 Å². The third-order valence-corrected chi connectivity index (χ3v) is 3.26. The van der Waals surface area contributed by atoms with Gasteiger partial charge >= 0.3 is 5.97 Å². The lowest BCUT2D eigenvalue weighted by Gasteiger charge is -2.32. The Morgan fingerprint density at radius 3 is 2.62 bits per heavy atom. The number of ether oxygens (including phenoxy) is 1. The van der Waals surface area contributed by atoms with Crippen molar-refractivity contribution in [3.8, 4) is 0 Å². The van der Waals surface area contributed by atoms with Crippen LogP contribution >= 0.6 is 0 Å². The SMILES string of the molecule is C=CC(O)(C1CC1)C(CCC)C(=O)OCC. The fourth-order valence-electron chi connectivity index (χ4n) is 2.21. The van der Waals surface area contributed by atoms with Gasteiger partial charge in [-0.2, -0.15) is 0 Å². The molecule has 0 bridgehead atoms. The quantitative estimate of drug-likeness (QED) is 0.535. The van der Waals surface area contributed by atoms with E-state index in [2.05, 4.69) is 6.58 Å². The molecular formula is C13H22O3. The summed E-state index contributed by atoms with van der Waals surface area (Å²) in [7, 11) is 0. The van der Waals surface area contributed by atoms with E-state index in [1.807, 2.05) is 6.92 Å². The molecule has 1 saturated carbocycles. The second kappa shape index (κ2) is 5.48. The maximum atomic E-state index is 11.8. The first-order valence-corrected chi connectivity index (χ1v) is 6.12. The summed E-state index contributed by atoms with van der Waals surface area (Å²) in [6.45, 7) is 7.83. The lowest BCUT2D eigenvalue weighted by atomic mass is 9.80. The second-order valence-corrected chi connectivity index (χ2v) is 4.46. The maximum absolute atomic E-state index is 11.8. The van der Waals surface area contributed by atoms with E-state index in [-0.39, 0.29) is 11.9 Å². The topological polar surface area (TPSA) is 46.5 Å². The molecule has 0 heterocycles. The van der Waals surface area contributed by atoms with Crippen molar-refractivity contribution < 1.29 is 14.6 Å². The van der Waals surface area contributed by atoms with Gasteiger partial charge in [-0.3, -0.25) is 4.79 Å². The molecule has 0 aromatic heterocycles. The van der Waals surface area contributed by atoms with E-state index < -0.39 is 11.5 Å². The second-order valence-electron chi connectivity index (χ2n) is 4.46. The van der Waals surface area contributed by atoms with Crippen LogP contribution < -0.4 is 0 Å². The van der Waals surface area contributed by atoms with Gasteiger partial charge in [-0.1, -0.05) is 19.4 Å². The zero-order chi connectivity index (χ0) is 12.2. The van der Waals surface area contributed by atoms with Crippen molar-refractivity contribution in [2.75, 3.05) is 6.61 Å². The first kappa shape index (κ1) is 13.2. The van der Waals surface area contributed by atoms with Crippen LogP contribution in [0, 0.1) is 11.8 Å². The number of esters is 1. The van der Waals surface area contributed by atoms with Gasteiger partial charge in [-0.15, -0.1) is 6.58 Å². The minimum absolute atomic E-state index is 0.186. The summed E-state index contributed by atoms with van der Waals surface area (Å²) in [5.41, 5.74) is -1.07. The van der Waals surface area contributed by atoms with Crippen molar-refractivity contribution in [1.82, 2.24) is 0 Å². The lowest BCUT2D eigenvalue weighted by molar-refractivity contribution is -0.157. The van der Waals surface area contributed by atoms with Crippen LogP contribution in [0.1, 0.15) is 39.5 Å². The molecule has 0 saturated heterocycles. The summed E-state index contributed by atoms with van der Waals surface area (Å²) in [5.74, 6) is -0.563. The van der Waals surface area contributed by atoms with Crippen LogP contribution in [0.3, 0.4) is 0 Å². The third kappa shape index (κ3) is 2.64. The number of hydrogen-bond donors (Lipinski definition) is 1. The van der Waals surface area contributed by atoms with Crippen molar-refractivity contribution in [1.29, 1.82) is 0 Å². The number of carbonyl (C=O) groups is 1. The lowest BCUT2D eigenvalue weighted by Crippen LogP contribution is -2.43. The van der Waals surface area contributed by atoms with Gasteiger partial charge in [0.15, 0.2) is 0 Å². The molecule has 0 radical (unpaired) electrons. The Hall–Kier alpha value is -0.830. The minimum atomic E-state index is -1.07. The molecule has 0 aromatic rings. The normalized spacial score (nSPS) is 20.9. The zero-order valence-corrected chi connectivity index (χ0v) is 10.2. The summed E-state index contributed by atoms with van der Waals surface area (Å²) in [6, 6.07) is 0. The molecule has 2 unspecified atom stereocenters. The van der Waals surface area contributed by atoms with Gasteiger partial charge in [-0.25, -0.2) is 0 Å². The van der Waals surface area contributed by atoms with Gasteiger partial charge in [0.1, 0.15) is 0 Å². The molecular weight excluding hydrogens is 204 g/mol. The molecule has 0 amide bonds. The van der Waals surface area contributed by atoms with Crippen molar-refractivity contribution in [2.24, 2.45) is 11.8 Å². The summed E-state index contributed by atoms with van der Waals surface area (Å²) in [5, 5.41) is 10.5. The van der Waals surface area contributed by atoms with Crippen molar-refractivity contribution in [3.63, 3.8) is 0 Å². The molecule has 1 rings (SSSR count).